The fourth-order valence-electron chi connectivity index (χ4n) is 1.75. The maximum Gasteiger partial charge on any atom is 0.271 e. The molecule has 0 unspecified atom stereocenters. The van der Waals surface area contributed by atoms with Gasteiger partial charge in [-0.3, -0.25) is 20.4 Å². The molecule has 2 amide bonds. The smallest absolute Gasteiger partial charge is 0.271 e. The number of thioether (sulfide) groups is 1. The number of nitrogens with zero attached hydrogens (tertiary/aromatic N) is 1. The summed E-state index contributed by atoms with van der Waals surface area (Å²) in [6.07, 6.45) is 5.54. The minimum absolute atomic E-state index is 0.232. The molecule has 0 radical (unpaired) electrons. The van der Waals surface area contributed by atoms with Gasteiger partial charge in [-0.1, -0.05) is 12.1 Å². The van der Waals surface area contributed by atoms with Crippen LogP contribution in [0.2, 0.25) is 0 Å². The van der Waals surface area contributed by atoms with Crippen molar-refractivity contribution >= 4 is 23.6 Å². The first-order valence-corrected chi connectivity index (χ1v) is 7.42. The Labute approximate surface area is 121 Å². The Morgan fingerprint density at radius 3 is 2.50 bits per heavy atom. The average Bonchev–Trinajstić information content (AvgIpc) is 2.99. The summed E-state index contributed by atoms with van der Waals surface area (Å²) >= 11 is 1.39. The summed E-state index contributed by atoms with van der Waals surface area (Å²) in [5.41, 5.74) is 6.06. The van der Waals surface area contributed by atoms with Crippen LogP contribution >= 0.6 is 11.8 Å². The van der Waals surface area contributed by atoms with Crippen LogP contribution in [-0.2, 0) is 4.79 Å². The Morgan fingerprint density at radius 1 is 1.10 bits per heavy atom. The molecule has 1 aromatic carbocycles. The molecule has 0 saturated heterocycles. The SMILES string of the molecule is CSCC(=O)NNC(=O)c1ccccc1-n1cccc1. The highest BCUT2D eigenvalue weighted by Gasteiger charge is 2.12. The Morgan fingerprint density at radius 2 is 1.80 bits per heavy atom. The van der Waals surface area contributed by atoms with Crippen molar-refractivity contribution in [1.82, 2.24) is 15.4 Å². The second-order valence-corrected chi connectivity index (χ2v) is 4.91. The molecular formula is C14H15N3O2S. The zero-order valence-electron chi connectivity index (χ0n) is 11.0. The number of para-hydroxylation sites is 1. The predicted molar refractivity (Wildman–Crippen MR) is 79.8 cm³/mol. The van der Waals surface area contributed by atoms with E-state index in [9.17, 15) is 9.59 Å². The van der Waals surface area contributed by atoms with Crippen molar-refractivity contribution in [3.8, 4) is 5.69 Å². The van der Waals surface area contributed by atoms with Gasteiger partial charge in [0, 0.05) is 12.4 Å². The van der Waals surface area contributed by atoms with Crippen molar-refractivity contribution in [3.63, 3.8) is 0 Å². The highest BCUT2D eigenvalue weighted by Crippen LogP contribution is 2.14. The lowest BCUT2D eigenvalue weighted by atomic mass is 10.1. The molecule has 2 aromatic rings. The average molecular weight is 289 g/mol. The van der Waals surface area contributed by atoms with E-state index in [-0.39, 0.29) is 11.8 Å². The van der Waals surface area contributed by atoms with Crippen LogP contribution in [0.4, 0.5) is 0 Å². The number of nitrogens with one attached hydrogen (secondary N) is 2. The molecule has 0 atom stereocenters. The minimum atomic E-state index is -0.344. The second kappa shape index (κ2) is 6.81. The Balaban J connectivity index is 2.13. The molecule has 1 heterocycles. The lowest BCUT2D eigenvalue weighted by Gasteiger charge is -2.11. The molecule has 20 heavy (non-hydrogen) atoms. The molecule has 0 saturated carbocycles. The maximum atomic E-state index is 12.1. The molecule has 104 valence electrons. The van der Waals surface area contributed by atoms with Gasteiger partial charge in [-0.25, -0.2) is 0 Å². The van der Waals surface area contributed by atoms with E-state index >= 15 is 0 Å². The van der Waals surface area contributed by atoms with Crippen LogP contribution in [0.15, 0.2) is 48.8 Å². The van der Waals surface area contributed by atoms with E-state index in [0.29, 0.717) is 11.3 Å². The normalized spacial score (nSPS) is 10.1. The summed E-state index contributed by atoms with van der Waals surface area (Å²) in [4.78, 5) is 23.5. The predicted octanol–water partition coefficient (Wildman–Crippen LogP) is 1.60. The quantitative estimate of drug-likeness (QED) is 0.840. The third-order valence-corrected chi connectivity index (χ3v) is 3.17. The standard InChI is InChI=1S/C14H15N3O2S/c1-20-10-13(18)15-16-14(19)11-6-2-3-7-12(11)17-8-4-5-9-17/h2-9H,10H2,1H3,(H,15,18)(H,16,19). The highest BCUT2D eigenvalue weighted by atomic mass is 32.2. The number of rotatable bonds is 4. The molecule has 0 aliphatic carbocycles. The van der Waals surface area contributed by atoms with Gasteiger partial charge in [0.15, 0.2) is 0 Å². The molecule has 5 nitrogen and oxygen atoms in total. The second-order valence-electron chi connectivity index (χ2n) is 4.04. The molecule has 0 aliphatic heterocycles. The van der Waals surface area contributed by atoms with Crippen LogP contribution in [0.1, 0.15) is 10.4 Å². The van der Waals surface area contributed by atoms with Gasteiger partial charge in [0.2, 0.25) is 5.91 Å². The van der Waals surface area contributed by atoms with Crippen molar-refractivity contribution in [3.05, 3.63) is 54.4 Å². The largest absolute Gasteiger partial charge is 0.323 e. The van der Waals surface area contributed by atoms with Crippen LogP contribution in [0.3, 0.4) is 0 Å². The topological polar surface area (TPSA) is 63.1 Å². The molecule has 2 rings (SSSR count). The van der Waals surface area contributed by atoms with Crippen molar-refractivity contribution in [2.24, 2.45) is 0 Å². The molecule has 6 heteroatoms. The molecule has 0 spiro atoms. The number of hydrogen-bond acceptors (Lipinski definition) is 3. The van der Waals surface area contributed by atoms with Crippen LogP contribution in [0.25, 0.3) is 5.69 Å². The van der Waals surface area contributed by atoms with Gasteiger partial charge in [-0.15, -0.1) is 0 Å². The third kappa shape index (κ3) is 3.42. The Bertz CT molecular complexity index is 596. The van der Waals surface area contributed by atoms with E-state index in [1.54, 1.807) is 12.1 Å². The third-order valence-electron chi connectivity index (χ3n) is 2.62. The van der Waals surface area contributed by atoms with E-state index in [0.717, 1.165) is 5.69 Å². The van der Waals surface area contributed by atoms with E-state index in [1.165, 1.54) is 11.8 Å². The van der Waals surface area contributed by atoms with Crippen molar-refractivity contribution in [2.75, 3.05) is 12.0 Å². The lowest BCUT2D eigenvalue weighted by molar-refractivity contribution is -0.119. The van der Waals surface area contributed by atoms with Gasteiger partial charge >= 0.3 is 0 Å². The number of hydrazine groups is 1. The fourth-order valence-corrected chi connectivity index (χ4v) is 2.08. The van der Waals surface area contributed by atoms with Crippen LogP contribution in [0, 0.1) is 0 Å². The number of hydrogen-bond donors (Lipinski definition) is 2. The van der Waals surface area contributed by atoms with Crippen molar-refractivity contribution < 1.29 is 9.59 Å². The highest BCUT2D eigenvalue weighted by molar-refractivity contribution is 7.99. The summed E-state index contributed by atoms with van der Waals surface area (Å²) < 4.78 is 1.85. The zero-order valence-corrected chi connectivity index (χ0v) is 11.8. The fraction of sp³-hybridized carbons (Fsp3) is 0.143. The zero-order chi connectivity index (χ0) is 14.4. The molecule has 0 fully saturated rings. The first-order chi connectivity index (χ1) is 9.72. The molecule has 2 N–H and O–H groups in total. The molecule has 0 bridgehead atoms. The first-order valence-electron chi connectivity index (χ1n) is 6.03. The monoisotopic (exact) mass is 289 g/mol. The summed E-state index contributed by atoms with van der Waals surface area (Å²) in [5.74, 6) is -0.271. The first kappa shape index (κ1) is 14.2. The van der Waals surface area contributed by atoms with Gasteiger partial charge in [-0.2, -0.15) is 11.8 Å². The van der Waals surface area contributed by atoms with Gasteiger partial charge in [0.25, 0.3) is 5.91 Å². The van der Waals surface area contributed by atoms with Crippen LogP contribution < -0.4 is 10.9 Å². The van der Waals surface area contributed by atoms with Gasteiger partial charge in [0.1, 0.15) is 0 Å². The number of amides is 2. The van der Waals surface area contributed by atoms with E-state index < -0.39 is 0 Å². The summed E-state index contributed by atoms with van der Waals surface area (Å²) in [5, 5.41) is 0. The van der Waals surface area contributed by atoms with Crippen LogP contribution in [-0.4, -0.2) is 28.4 Å². The Hall–Kier alpha value is -2.21. The number of carbonyl (C=O) groups is 2. The molecular weight excluding hydrogens is 274 g/mol. The van der Waals surface area contributed by atoms with E-state index in [2.05, 4.69) is 10.9 Å². The van der Waals surface area contributed by atoms with E-state index in [1.807, 2.05) is 47.5 Å². The summed E-state index contributed by atoms with van der Waals surface area (Å²) in [6.45, 7) is 0. The van der Waals surface area contributed by atoms with E-state index in [4.69, 9.17) is 0 Å². The molecule has 0 aliphatic rings. The summed E-state index contributed by atoms with van der Waals surface area (Å²) in [6, 6.07) is 11.0. The van der Waals surface area contributed by atoms with Gasteiger partial charge in [0.05, 0.1) is 17.0 Å². The number of benzene rings is 1. The van der Waals surface area contributed by atoms with Crippen LogP contribution in [0.5, 0.6) is 0 Å². The Kier molecular flexibility index (Phi) is 4.84. The number of aromatic nitrogens is 1. The van der Waals surface area contributed by atoms with Crippen molar-refractivity contribution in [2.45, 2.75) is 0 Å². The number of carbonyl (C=O) groups excluding carboxylic acids is 2. The summed E-state index contributed by atoms with van der Waals surface area (Å²) in [7, 11) is 0. The maximum absolute atomic E-state index is 12.1. The van der Waals surface area contributed by atoms with Gasteiger partial charge < -0.3 is 4.57 Å². The van der Waals surface area contributed by atoms with Gasteiger partial charge in [-0.05, 0) is 30.5 Å². The van der Waals surface area contributed by atoms with Crippen molar-refractivity contribution in [1.29, 1.82) is 0 Å². The minimum Gasteiger partial charge on any atom is -0.323 e. The lowest BCUT2D eigenvalue weighted by Crippen LogP contribution is -2.42. The molecule has 1 aromatic heterocycles.